The van der Waals surface area contributed by atoms with Gasteiger partial charge in [0.1, 0.15) is 0 Å². The van der Waals surface area contributed by atoms with E-state index >= 15 is 0 Å². The number of thioether (sulfide) groups is 1. The summed E-state index contributed by atoms with van der Waals surface area (Å²) in [6.07, 6.45) is 0.883. The Kier molecular flexibility index (Phi) is 5.38. The molecule has 1 fully saturated rings. The van der Waals surface area contributed by atoms with E-state index in [9.17, 15) is 14.9 Å². The lowest BCUT2D eigenvalue weighted by molar-refractivity contribution is -0.385. The van der Waals surface area contributed by atoms with Crippen molar-refractivity contribution in [3.63, 3.8) is 0 Å². The van der Waals surface area contributed by atoms with Crippen molar-refractivity contribution in [2.75, 3.05) is 18.8 Å². The third-order valence-electron chi connectivity index (χ3n) is 4.45. The van der Waals surface area contributed by atoms with Crippen molar-refractivity contribution in [2.45, 2.75) is 18.6 Å². The Balaban J connectivity index is 1.73. The molecule has 2 aromatic carbocycles. The van der Waals surface area contributed by atoms with Gasteiger partial charge in [-0.1, -0.05) is 36.4 Å². The normalized spacial score (nSPS) is 17.8. The highest BCUT2D eigenvalue weighted by atomic mass is 32.2. The second-order valence-corrected chi connectivity index (χ2v) is 7.42. The monoisotopic (exact) mass is 356 g/mol. The first-order valence-electron chi connectivity index (χ1n) is 8.27. The average molecular weight is 356 g/mol. The van der Waals surface area contributed by atoms with Gasteiger partial charge >= 0.3 is 0 Å². The molecular formula is C19H20N2O3S. The Hall–Kier alpha value is -2.34. The molecule has 0 aromatic heterocycles. The van der Waals surface area contributed by atoms with Gasteiger partial charge in [-0.3, -0.25) is 14.9 Å². The number of nitrogens with zero attached hydrogens (tertiary/aromatic N) is 2. The number of hydrogen-bond acceptors (Lipinski definition) is 4. The van der Waals surface area contributed by atoms with Crippen molar-refractivity contribution in [2.24, 2.45) is 0 Å². The Morgan fingerprint density at radius 2 is 1.96 bits per heavy atom. The standard InChI is InChI=1S/C19H20N2O3S/c1-14-7-8-16(13-17(14)21(23)24)19(22)20-10-9-18(25-12-11-20)15-5-3-2-4-6-15/h2-8,13,18H,9-12H2,1H3. The summed E-state index contributed by atoms with van der Waals surface area (Å²) in [7, 11) is 0. The van der Waals surface area contributed by atoms with Crippen LogP contribution in [0.3, 0.4) is 0 Å². The van der Waals surface area contributed by atoms with E-state index in [2.05, 4.69) is 12.1 Å². The summed E-state index contributed by atoms with van der Waals surface area (Å²) >= 11 is 1.86. The molecule has 6 heteroatoms. The van der Waals surface area contributed by atoms with E-state index in [4.69, 9.17) is 0 Å². The van der Waals surface area contributed by atoms with Gasteiger partial charge in [0.15, 0.2) is 0 Å². The van der Waals surface area contributed by atoms with Crippen LogP contribution in [0.5, 0.6) is 0 Å². The van der Waals surface area contributed by atoms with Gasteiger partial charge in [0.2, 0.25) is 0 Å². The van der Waals surface area contributed by atoms with E-state index in [-0.39, 0.29) is 11.6 Å². The van der Waals surface area contributed by atoms with Crippen LogP contribution in [0.25, 0.3) is 0 Å². The first kappa shape index (κ1) is 17.5. The second kappa shape index (κ2) is 7.70. The van der Waals surface area contributed by atoms with E-state index in [0.29, 0.717) is 29.5 Å². The van der Waals surface area contributed by atoms with Crippen molar-refractivity contribution in [1.82, 2.24) is 4.90 Å². The van der Waals surface area contributed by atoms with Crippen molar-refractivity contribution >= 4 is 23.4 Å². The maximum atomic E-state index is 12.8. The number of nitro groups is 1. The number of rotatable bonds is 3. The summed E-state index contributed by atoms with van der Waals surface area (Å²) in [4.78, 5) is 25.3. The van der Waals surface area contributed by atoms with Gasteiger partial charge < -0.3 is 4.90 Å². The molecule has 0 aliphatic carbocycles. The number of carbonyl (C=O) groups is 1. The third kappa shape index (κ3) is 4.02. The zero-order valence-corrected chi connectivity index (χ0v) is 14.9. The Morgan fingerprint density at radius 3 is 2.68 bits per heavy atom. The second-order valence-electron chi connectivity index (χ2n) is 6.11. The number of hydrogen-bond donors (Lipinski definition) is 0. The SMILES string of the molecule is Cc1ccc(C(=O)N2CCSC(c3ccccc3)CC2)cc1[N+](=O)[O-]. The molecule has 1 atom stereocenters. The fourth-order valence-corrected chi connectivity index (χ4v) is 4.26. The summed E-state index contributed by atoms with van der Waals surface area (Å²) in [5.41, 5.74) is 2.24. The summed E-state index contributed by atoms with van der Waals surface area (Å²) in [5, 5.41) is 11.5. The first-order valence-corrected chi connectivity index (χ1v) is 9.32. The van der Waals surface area contributed by atoms with Gasteiger partial charge in [0.05, 0.1) is 4.92 Å². The highest BCUT2D eigenvalue weighted by molar-refractivity contribution is 7.99. The van der Waals surface area contributed by atoms with Gasteiger partial charge in [0, 0.05) is 41.3 Å². The van der Waals surface area contributed by atoms with Crippen LogP contribution < -0.4 is 0 Å². The zero-order chi connectivity index (χ0) is 17.8. The van der Waals surface area contributed by atoms with Crippen LogP contribution in [0.2, 0.25) is 0 Å². The van der Waals surface area contributed by atoms with Crippen LogP contribution in [0.15, 0.2) is 48.5 Å². The summed E-state index contributed by atoms with van der Waals surface area (Å²) in [5.74, 6) is 0.733. The van der Waals surface area contributed by atoms with E-state index in [0.717, 1.165) is 12.2 Å². The summed E-state index contributed by atoms with van der Waals surface area (Å²) < 4.78 is 0. The lowest BCUT2D eigenvalue weighted by atomic mass is 10.1. The third-order valence-corrected chi connectivity index (χ3v) is 5.78. The molecule has 0 spiro atoms. The minimum atomic E-state index is -0.435. The Morgan fingerprint density at radius 1 is 1.20 bits per heavy atom. The predicted octanol–water partition coefficient (Wildman–Crippen LogP) is 4.22. The summed E-state index contributed by atoms with van der Waals surface area (Å²) in [6, 6.07) is 15.0. The van der Waals surface area contributed by atoms with E-state index in [1.54, 1.807) is 19.1 Å². The number of amides is 1. The number of benzene rings is 2. The molecule has 1 unspecified atom stereocenters. The van der Waals surface area contributed by atoms with Crippen LogP contribution >= 0.6 is 11.8 Å². The molecule has 5 nitrogen and oxygen atoms in total. The van der Waals surface area contributed by atoms with Crippen molar-refractivity contribution < 1.29 is 9.72 Å². The van der Waals surface area contributed by atoms with Crippen LogP contribution in [-0.2, 0) is 0 Å². The molecule has 1 saturated heterocycles. The number of aryl methyl sites for hydroxylation is 1. The zero-order valence-electron chi connectivity index (χ0n) is 14.1. The minimum Gasteiger partial charge on any atom is -0.338 e. The molecule has 0 bridgehead atoms. The highest BCUT2D eigenvalue weighted by Crippen LogP contribution is 2.34. The molecule has 3 rings (SSSR count). The largest absolute Gasteiger partial charge is 0.338 e. The highest BCUT2D eigenvalue weighted by Gasteiger charge is 2.24. The van der Waals surface area contributed by atoms with Crippen LogP contribution in [-0.4, -0.2) is 34.6 Å². The van der Waals surface area contributed by atoms with E-state index in [1.165, 1.54) is 11.6 Å². The van der Waals surface area contributed by atoms with Crippen molar-refractivity contribution in [1.29, 1.82) is 0 Å². The fourth-order valence-electron chi connectivity index (χ4n) is 3.03. The molecule has 0 saturated carbocycles. The van der Waals surface area contributed by atoms with Crippen LogP contribution in [0.4, 0.5) is 5.69 Å². The topological polar surface area (TPSA) is 63.5 Å². The average Bonchev–Trinajstić information content (AvgIpc) is 2.88. The van der Waals surface area contributed by atoms with Crippen molar-refractivity contribution in [3.8, 4) is 0 Å². The molecule has 1 amide bonds. The van der Waals surface area contributed by atoms with Gasteiger partial charge in [-0.25, -0.2) is 0 Å². The van der Waals surface area contributed by atoms with Gasteiger partial charge in [0.25, 0.3) is 11.6 Å². The minimum absolute atomic E-state index is 0.00258. The first-order chi connectivity index (χ1) is 12.1. The Labute approximate surface area is 151 Å². The van der Waals surface area contributed by atoms with Gasteiger partial charge in [-0.2, -0.15) is 11.8 Å². The maximum absolute atomic E-state index is 12.8. The molecule has 130 valence electrons. The molecule has 2 aromatic rings. The predicted molar refractivity (Wildman–Crippen MR) is 100.0 cm³/mol. The van der Waals surface area contributed by atoms with E-state index in [1.807, 2.05) is 34.9 Å². The van der Waals surface area contributed by atoms with Crippen LogP contribution in [0.1, 0.15) is 33.2 Å². The molecule has 0 radical (unpaired) electrons. The lowest BCUT2D eigenvalue weighted by Gasteiger charge is -2.20. The van der Waals surface area contributed by atoms with Gasteiger partial charge in [-0.15, -0.1) is 0 Å². The fraction of sp³-hybridized carbons (Fsp3) is 0.316. The number of carbonyl (C=O) groups excluding carboxylic acids is 1. The molecule has 0 N–H and O–H groups in total. The quantitative estimate of drug-likeness (QED) is 0.610. The van der Waals surface area contributed by atoms with Gasteiger partial charge in [-0.05, 0) is 25.0 Å². The molecule has 25 heavy (non-hydrogen) atoms. The Bertz CT molecular complexity index is 779. The number of nitro benzene ring substituents is 1. The molecular weight excluding hydrogens is 336 g/mol. The molecule has 1 aliphatic rings. The maximum Gasteiger partial charge on any atom is 0.273 e. The smallest absolute Gasteiger partial charge is 0.273 e. The van der Waals surface area contributed by atoms with E-state index < -0.39 is 4.92 Å². The van der Waals surface area contributed by atoms with Crippen LogP contribution in [0, 0.1) is 17.0 Å². The molecule has 1 heterocycles. The summed E-state index contributed by atoms with van der Waals surface area (Å²) in [6.45, 7) is 3.00. The van der Waals surface area contributed by atoms with Crippen molar-refractivity contribution in [3.05, 3.63) is 75.3 Å². The molecule has 1 aliphatic heterocycles. The lowest BCUT2D eigenvalue weighted by Crippen LogP contribution is -2.33.